The number of rotatable bonds is 4. The maximum Gasteiger partial charge on any atom is 0.307 e. The largest absolute Gasteiger partial charge is 0.481 e. The van der Waals surface area contributed by atoms with Gasteiger partial charge in [-0.1, -0.05) is 0 Å². The van der Waals surface area contributed by atoms with Gasteiger partial charge in [-0.15, -0.1) is 0 Å². The number of carboxylic acid groups (broad SMARTS) is 1. The number of aliphatic carboxylic acids is 1. The maximum atomic E-state index is 12.5. The zero-order valence-corrected chi connectivity index (χ0v) is 13.2. The molecule has 1 fully saturated rings. The van der Waals surface area contributed by atoms with Crippen molar-refractivity contribution in [3.63, 3.8) is 0 Å². The summed E-state index contributed by atoms with van der Waals surface area (Å²) in [6.45, 7) is 1.61. The number of amides is 1. The maximum absolute atomic E-state index is 12.5. The summed E-state index contributed by atoms with van der Waals surface area (Å²) in [6, 6.07) is 5.97. The van der Waals surface area contributed by atoms with Crippen LogP contribution in [0.15, 0.2) is 29.2 Å². The van der Waals surface area contributed by atoms with Gasteiger partial charge in [0.05, 0.1) is 10.8 Å². The third-order valence-electron chi connectivity index (χ3n) is 3.83. The Bertz CT molecular complexity index is 684. The molecule has 2 rings (SSSR count). The fourth-order valence-electron chi connectivity index (χ4n) is 2.32. The molecule has 120 valence electrons. The molecule has 0 aliphatic carbocycles. The average molecular weight is 326 g/mol. The van der Waals surface area contributed by atoms with Gasteiger partial charge in [0.25, 0.3) is 0 Å². The van der Waals surface area contributed by atoms with Gasteiger partial charge >= 0.3 is 5.97 Å². The van der Waals surface area contributed by atoms with Gasteiger partial charge in [-0.25, -0.2) is 8.42 Å². The molecule has 1 N–H and O–H groups in total. The minimum Gasteiger partial charge on any atom is -0.481 e. The zero-order chi connectivity index (χ0) is 16.5. The second-order valence-electron chi connectivity index (χ2n) is 5.26. The van der Waals surface area contributed by atoms with Crippen molar-refractivity contribution in [1.82, 2.24) is 4.31 Å². The first-order valence-electron chi connectivity index (χ1n) is 6.81. The topological polar surface area (TPSA) is 95.0 Å². The molecule has 1 aromatic carbocycles. The molecule has 1 atom stereocenters. The lowest BCUT2D eigenvalue weighted by molar-refractivity contribution is -0.141. The standard InChI is InChI=1S/C14H18N2O5S/c1-10(17)15(2)12-3-5-13(6-4-12)22(20,21)16-8-7-11(9-16)14(18)19/h3-6,11H,7-9H2,1-2H3,(H,18,19). The molecule has 0 spiro atoms. The van der Waals surface area contributed by atoms with E-state index in [1.54, 1.807) is 19.2 Å². The van der Waals surface area contributed by atoms with E-state index in [4.69, 9.17) is 5.11 Å². The molecule has 0 saturated carbocycles. The van der Waals surface area contributed by atoms with Crippen molar-refractivity contribution >= 4 is 27.6 Å². The highest BCUT2D eigenvalue weighted by Crippen LogP contribution is 2.25. The van der Waals surface area contributed by atoms with Gasteiger partial charge in [-0.05, 0) is 30.7 Å². The number of anilines is 1. The molecule has 22 heavy (non-hydrogen) atoms. The Kier molecular flexibility index (Phi) is 4.52. The van der Waals surface area contributed by atoms with Crippen LogP contribution in [-0.2, 0) is 19.6 Å². The Labute approximate surface area is 129 Å². The number of carbonyl (C=O) groups is 2. The fourth-order valence-corrected chi connectivity index (χ4v) is 3.82. The summed E-state index contributed by atoms with van der Waals surface area (Å²) in [4.78, 5) is 23.7. The van der Waals surface area contributed by atoms with Gasteiger partial charge in [-0.2, -0.15) is 4.31 Å². The molecule has 0 radical (unpaired) electrons. The molecule has 8 heteroatoms. The number of sulfonamides is 1. The predicted molar refractivity (Wildman–Crippen MR) is 80.0 cm³/mol. The lowest BCUT2D eigenvalue weighted by Gasteiger charge is -2.18. The van der Waals surface area contributed by atoms with Crippen LogP contribution in [0.3, 0.4) is 0 Å². The van der Waals surface area contributed by atoms with E-state index in [2.05, 4.69) is 0 Å². The molecule has 1 aliphatic heterocycles. The highest BCUT2D eigenvalue weighted by molar-refractivity contribution is 7.89. The van der Waals surface area contributed by atoms with E-state index in [9.17, 15) is 18.0 Å². The van der Waals surface area contributed by atoms with E-state index in [1.807, 2.05) is 0 Å². The first kappa shape index (κ1) is 16.4. The van der Waals surface area contributed by atoms with E-state index in [-0.39, 0.29) is 23.9 Å². The molecule has 1 saturated heterocycles. The second kappa shape index (κ2) is 6.05. The Morgan fingerprint density at radius 2 is 1.86 bits per heavy atom. The molecule has 1 amide bonds. The Morgan fingerprint density at radius 1 is 1.27 bits per heavy atom. The third-order valence-corrected chi connectivity index (χ3v) is 5.71. The van der Waals surface area contributed by atoms with Crippen molar-refractivity contribution in [2.75, 3.05) is 25.0 Å². The molecule has 1 unspecified atom stereocenters. The van der Waals surface area contributed by atoms with Crippen LogP contribution in [0, 0.1) is 5.92 Å². The number of hydrogen-bond acceptors (Lipinski definition) is 4. The summed E-state index contributed by atoms with van der Waals surface area (Å²) in [5.74, 6) is -1.78. The van der Waals surface area contributed by atoms with Gasteiger partial charge in [0.2, 0.25) is 15.9 Å². The quantitative estimate of drug-likeness (QED) is 0.881. The molecule has 1 aromatic rings. The molecule has 0 aromatic heterocycles. The molecule has 1 heterocycles. The van der Waals surface area contributed by atoms with E-state index < -0.39 is 21.9 Å². The average Bonchev–Trinajstić information content (AvgIpc) is 2.97. The van der Waals surface area contributed by atoms with Crippen LogP contribution in [0.2, 0.25) is 0 Å². The van der Waals surface area contributed by atoms with Crippen LogP contribution in [-0.4, -0.2) is 49.8 Å². The predicted octanol–water partition coefficient (Wildman–Crippen LogP) is 0.764. The lowest BCUT2D eigenvalue weighted by Crippen LogP contribution is -2.30. The van der Waals surface area contributed by atoms with Crippen molar-refractivity contribution in [2.24, 2.45) is 5.92 Å². The van der Waals surface area contributed by atoms with E-state index in [0.717, 1.165) is 0 Å². The fraction of sp³-hybridized carbons (Fsp3) is 0.429. The normalized spacial score (nSPS) is 19.1. The minimum atomic E-state index is -3.70. The summed E-state index contributed by atoms with van der Waals surface area (Å²) in [6.07, 6.45) is 0.319. The third kappa shape index (κ3) is 3.12. The first-order valence-corrected chi connectivity index (χ1v) is 8.25. The first-order chi connectivity index (χ1) is 10.2. The SMILES string of the molecule is CC(=O)N(C)c1ccc(S(=O)(=O)N2CCC(C(=O)O)C2)cc1. The van der Waals surface area contributed by atoms with Crippen molar-refractivity contribution in [3.8, 4) is 0 Å². The highest BCUT2D eigenvalue weighted by atomic mass is 32.2. The van der Waals surface area contributed by atoms with Gasteiger partial charge in [-0.3, -0.25) is 9.59 Å². The molecule has 0 bridgehead atoms. The molecule has 1 aliphatic rings. The van der Waals surface area contributed by atoms with Gasteiger partial charge in [0.1, 0.15) is 0 Å². The number of benzene rings is 1. The van der Waals surface area contributed by atoms with Crippen LogP contribution in [0.5, 0.6) is 0 Å². The number of hydrogen-bond donors (Lipinski definition) is 1. The van der Waals surface area contributed by atoms with Gasteiger partial charge < -0.3 is 10.0 Å². The number of nitrogens with zero attached hydrogens (tertiary/aromatic N) is 2. The van der Waals surface area contributed by atoms with Crippen molar-refractivity contribution in [1.29, 1.82) is 0 Å². The number of carbonyl (C=O) groups excluding carboxylic acids is 1. The Morgan fingerprint density at radius 3 is 2.32 bits per heavy atom. The van der Waals surface area contributed by atoms with Crippen LogP contribution >= 0.6 is 0 Å². The van der Waals surface area contributed by atoms with Crippen LogP contribution in [0.1, 0.15) is 13.3 Å². The highest BCUT2D eigenvalue weighted by Gasteiger charge is 2.35. The monoisotopic (exact) mass is 326 g/mol. The van der Waals surface area contributed by atoms with Gasteiger partial charge in [0.15, 0.2) is 0 Å². The molecular formula is C14H18N2O5S. The van der Waals surface area contributed by atoms with Gasteiger partial charge in [0, 0.05) is 32.7 Å². The molecular weight excluding hydrogens is 308 g/mol. The van der Waals surface area contributed by atoms with E-state index in [0.29, 0.717) is 12.1 Å². The zero-order valence-electron chi connectivity index (χ0n) is 12.4. The van der Waals surface area contributed by atoms with Crippen LogP contribution in [0.25, 0.3) is 0 Å². The summed E-state index contributed by atoms with van der Waals surface area (Å²) >= 11 is 0. The summed E-state index contributed by atoms with van der Waals surface area (Å²) in [7, 11) is -2.10. The summed E-state index contributed by atoms with van der Waals surface area (Å²) in [5.41, 5.74) is 0.594. The van der Waals surface area contributed by atoms with Crippen LogP contribution in [0.4, 0.5) is 5.69 Å². The van der Waals surface area contributed by atoms with Crippen molar-refractivity contribution in [2.45, 2.75) is 18.2 Å². The van der Waals surface area contributed by atoms with Crippen molar-refractivity contribution < 1.29 is 23.1 Å². The lowest BCUT2D eigenvalue weighted by atomic mass is 10.1. The number of carboxylic acids is 1. The minimum absolute atomic E-state index is 0.00718. The van der Waals surface area contributed by atoms with E-state index >= 15 is 0 Å². The van der Waals surface area contributed by atoms with Crippen molar-refractivity contribution in [3.05, 3.63) is 24.3 Å². The Hall–Kier alpha value is -1.93. The Balaban J connectivity index is 2.20. The second-order valence-corrected chi connectivity index (χ2v) is 7.20. The van der Waals surface area contributed by atoms with E-state index in [1.165, 1.54) is 28.3 Å². The summed E-state index contributed by atoms with van der Waals surface area (Å²) < 4.78 is 26.1. The molecule has 7 nitrogen and oxygen atoms in total. The van der Waals surface area contributed by atoms with Crippen LogP contribution < -0.4 is 4.90 Å². The summed E-state index contributed by atoms with van der Waals surface area (Å²) in [5, 5.41) is 8.96. The smallest absolute Gasteiger partial charge is 0.307 e.